The fourth-order valence-corrected chi connectivity index (χ4v) is 1.86. The largest absolute Gasteiger partial charge is 0.336 e. The van der Waals surface area contributed by atoms with Crippen molar-refractivity contribution < 1.29 is 13.6 Å². The summed E-state index contributed by atoms with van der Waals surface area (Å²) in [6.45, 7) is 6.34. The number of halogens is 2. The predicted molar refractivity (Wildman–Crippen MR) is 69.9 cm³/mol. The van der Waals surface area contributed by atoms with Crippen LogP contribution in [0.4, 0.5) is 8.78 Å². The fourth-order valence-electron chi connectivity index (χ4n) is 1.86. The van der Waals surface area contributed by atoms with Crippen molar-refractivity contribution in [1.29, 1.82) is 0 Å². The molecular weight excluding hydrogens is 250 g/mol. The minimum atomic E-state index is -1.23. The van der Waals surface area contributed by atoms with Crippen LogP contribution in [0.25, 0.3) is 0 Å². The lowest BCUT2D eigenvalue weighted by Gasteiger charge is -2.27. The SMILES string of the molecule is CCCCCN(C(=O)c1ccnc(F)c1F)C(C)C. The van der Waals surface area contributed by atoms with E-state index in [0.717, 1.165) is 25.5 Å². The number of pyridine rings is 1. The smallest absolute Gasteiger partial charge is 0.257 e. The summed E-state index contributed by atoms with van der Waals surface area (Å²) in [6.07, 6.45) is 4.01. The summed E-state index contributed by atoms with van der Waals surface area (Å²) in [7, 11) is 0. The molecule has 5 heteroatoms. The molecule has 0 saturated carbocycles. The number of nitrogens with zero attached hydrogens (tertiary/aromatic N) is 2. The molecule has 19 heavy (non-hydrogen) atoms. The maximum atomic E-state index is 13.6. The summed E-state index contributed by atoms with van der Waals surface area (Å²) in [5, 5.41) is 0. The van der Waals surface area contributed by atoms with E-state index in [-0.39, 0.29) is 11.6 Å². The number of aromatic nitrogens is 1. The first kappa shape index (κ1) is 15.5. The molecule has 0 atom stereocenters. The van der Waals surface area contributed by atoms with Crippen LogP contribution in [0, 0.1) is 11.8 Å². The van der Waals surface area contributed by atoms with Crippen molar-refractivity contribution in [3.8, 4) is 0 Å². The molecule has 0 aliphatic rings. The minimum absolute atomic E-state index is 0.0556. The number of rotatable bonds is 6. The summed E-state index contributed by atoms with van der Waals surface area (Å²) in [5.74, 6) is -2.89. The molecule has 0 saturated heterocycles. The minimum Gasteiger partial charge on any atom is -0.336 e. The van der Waals surface area contributed by atoms with Crippen molar-refractivity contribution in [3.63, 3.8) is 0 Å². The molecular formula is C14H20F2N2O. The number of amides is 1. The van der Waals surface area contributed by atoms with Crippen LogP contribution in [0.2, 0.25) is 0 Å². The van der Waals surface area contributed by atoms with Crippen LogP contribution in [-0.4, -0.2) is 28.4 Å². The van der Waals surface area contributed by atoms with Gasteiger partial charge in [-0.25, -0.2) is 9.37 Å². The van der Waals surface area contributed by atoms with Crippen molar-refractivity contribution in [2.24, 2.45) is 0 Å². The van der Waals surface area contributed by atoms with Crippen molar-refractivity contribution in [2.45, 2.75) is 46.1 Å². The number of unbranched alkanes of at least 4 members (excludes halogenated alkanes) is 2. The van der Waals surface area contributed by atoms with Crippen LogP contribution in [0.15, 0.2) is 12.3 Å². The normalized spacial score (nSPS) is 10.8. The highest BCUT2D eigenvalue weighted by Gasteiger charge is 2.23. The van der Waals surface area contributed by atoms with Gasteiger partial charge in [0.15, 0.2) is 5.82 Å². The summed E-state index contributed by atoms with van der Waals surface area (Å²) in [5.41, 5.74) is -0.252. The van der Waals surface area contributed by atoms with Gasteiger partial charge in [-0.2, -0.15) is 4.39 Å². The number of carbonyl (C=O) groups is 1. The third kappa shape index (κ3) is 3.98. The van der Waals surface area contributed by atoms with Crippen molar-refractivity contribution in [2.75, 3.05) is 6.54 Å². The maximum Gasteiger partial charge on any atom is 0.257 e. The second-order valence-corrected chi connectivity index (χ2v) is 4.76. The molecule has 3 nitrogen and oxygen atoms in total. The zero-order chi connectivity index (χ0) is 14.4. The van der Waals surface area contributed by atoms with Crippen LogP contribution in [0.1, 0.15) is 50.4 Å². The van der Waals surface area contributed by atoms with E-state index >= 15 is 0 Å². The summed E-state index contributed by atoms with van der Waals surface area (Å²) < 4.78 is 26.6. The molecule has 0 radical (unpaired) electrons. The van der Waals surface area contributed by atoms with Crippen molar-refractivity contribution in [3.05, 3.63) is 29.6 Å². The Morgan fingerprint density at radius 3 is 2.63 bits per heavy atom. The van der Waals surface area contributed by atoms with Gasteiger partial charge in [-0.05, 0) is 26.3 Å². The molecule has 1 rings (SSSR count). The average Bonchev–Trinajstić information content (AvgIpc) is 2.37. The van der Waals surface area contributed by atoms with E-state index in [1.807, 2.05) is 13.8 Å². The lowest BCUT2D eigenvalue weighted by atomic mass is 10.1. The van der Waals surface area contributed by atoms with Crippen LogP contribution in [0.3, 0.4) is 0 Å². The number of carbonyl (C=O) groups excluding carboxylic acids is 1. The molecule has 1 heterocycles. The van der Waals surface area contributed by atoms with Gasteiger partial charge in [-0.15, -0.1) is 0 Å². The van der Waals surface area contributed by atoms with Gasteiger partial charge in [-0.3, -0.25) is 4.79 Å². The van der Waals surface area contributed by atoms with E-state index in [1.165, 1.54) is 6.07 Å². The Balaban J connectivity index is 2.90. The first-order valence-corrected chi connectivity index (χ1v) is 6.60. The lowest BCUT2D eigenvalue weighted by Crippen LogP contribution is -2.38. The topological polar surface area (TPSA) is 33.2 Å². The first-order chi connectivity index (χ1) is 8.99. The highest BCUT2D eigenvalue weighted by atomic mass is 19.2. The number of hydrogen-bond acceptors (Lipinski definition) is 2. The third-order valence-corrected chi connectivity index (χ3v) is 2.96. The lowest BCUT2D eigenvalue weighted by molar-refractivity contribution is 0.0696. The van der Waals surface area contributed by atoms with Gasteiger partial charge < -0.3 is 4.90 Å². The molecule has 1 aromatic rings. The zero-order valence-electron chi connectivity index (χ0n) is 11.6. The average molecular weight is 270 g/mol. The van der Waals surface area contributed by atoms with Gasteiger partial charge in [0.2, 0.25) is 5.95 Å². The Bertz CT molecular complexity index is 435. The molecule has 0 unspecified atom stereocenters. The molecule has 0 fully saturated rings. The van der Waals surface area contributed by atoms with Crippen LogP contribution >= 0.6 is 0 Å². The fraction of sp³-hybridized carbons (Fsp3) is 0.571. The second-order valence-electron chi connectivity index (χ2n) is 4.76. The third-order valence-electron chi connectivity index (χ3n) is 2.96. The second kappa shape index (κ2) is 7.16. The van der Waals surface area contributed by atoms with Crippen LogP contribution in [-0.2, 0) is 0 Å². The van der Waals surface area contributed by atoms with Gasteiger partial charge in [0, 0.05) is 18.8 Å². The standard InChI is InChI=1S/C14H20F2N2O/c1-4-5-6-9-18(10(2)3)14(19)11-7-8-17-13(16)12(11)15/h7-8,10H,4-6,9H2,1-3H3. The highest BCUT2D eigenvalue weighted by molar-refractivity contribution is 5.94. The predicted octanol–water partition coefficient (Wildman–Crippen LogP) is 3.40. The first-order valence-electron chi connectivity index (χ1n) is 6.60. The molecule has 0 spiro atoms. The summed E-state index contributed by atoms with van der Waals surface area (Å²) in [4.78, 5) is 17.0. The Labute approximate surface area is 112 Å². The van der Waals surface area contributed by atoms with Crippen LogP contribution < -0.4 is 0 Å². The molecule has 0 aromatic carbocycles. The van der Waals surface area contributed by atoms with E-state index in [2.05, 4.69) is 11.9 Å². The maximum absolute atomic E-state index is 13.6. The highest BCUT2D eigenvalue weighted by Crippen LogP contribution is 2.14. The van der Waals surface area contributed by atoms with E-state index < -0.39 is 17.7 Å². The van der Waals surface area contributed by atoms with Gasteiger partial charge in [0.25, 0.3) is 5.91 Å². The van der Waals surface area contributed by atoms with Crippen molar-refractivity contribution in [1.82, 2.24) is 9.88 Å². The van der Waals surface area contributed by atoms with Gasteiger partial charge in [0.05, 0.1) is 5.56 Å². The van der Waals surface area contributed by atoms with Gasteiger partial charge >= 0.3 is 0 Å². The summed E-state index contributed by atoms with van der Waals surface area (Å²) >= 11 is 0. The van der Waals surface area contributed by atoms with Crippen LogP contribution in [0.5, 0.6) is 0 Å². The van der Waals surface area contributed by atoms with E-state index in [1.54, 1.807) is 4.90 Å². The zero-order valence-corrected chi connectivity index (χ0v) is 11.6. The Morgan fingerprint density at radius 2 is 2.05 bits per heavy atom. The van der Waals surface area contributed by atoms with Gasteiger partial charge in [0.1, 0.15) is 0 Å². The molecule has 0 N–H and O–H groups in total. The molecule has 106 valence electrons. The summed E-state index contributed by atoms with van der Waals surface area (Å²) in [6, 6.07) is 1.16. The Kier molecular flexibility index (Phi) is 5.86. The Morgan fingerprint density at radius 1 is 1.37 bits per heavy atom. The van der Waals surface area contributed by atoms with Crippen molar-refractivity contribution >= 4 is 5.91 Å². The molecule has 1 aromatic heterocycles. The molecule has 0 bridgehead atoms. The monoisotopic (exact) mass is 270 g/mol. The van der Waals surface area contributed by atoms with E-state index in [9.17, 15) is 13.6 Å². The molecule has 0 aliphatic heterocycles. The molecule has 1 amide bonds. The molecule has 0 aliphatic carbocycles. The quantitative estimate of drug-likeness (QED) is 0.586. The van der Waals surface area contributed by atoms with Gasteiger partial charge in [-0.1, -0.05) is 19.8 Å². The van der Waals surface area contributed by atoms with E-state index in [0.29, 0.717) is 6.54 Å². The Hall–Kier alpha value is -1.52. The number of hydrogen-bond donors (Lipinski definition) is 0. The van der Waals surface area contributed by atoms with E-state index in [4.69, 9.17) is 0 Å².